The lowest BCUT2D eigenvalue weighted by atomic mass is 9.96. The van der Waals surface area contributed by atoms with Crippen LogP contribution in [0.15, 0.2) is 72.8 Å². The van der Waals surface area contributed by atoms with E-state index < -0.39 is 0 Å². The van der Waals surface area contributed by atoms with Gasteiger partial charge in [0.25, 0.3) is 5.91 Å². The first-order chi connectivity index (χ1) is 15.1. The van der Waals surface area contributed by atoms with Crippen molar-refractivity contribution in [2.45, 2.75) is 6.92 Å². The number of methoxy groups -OCH3 is 1. The number of phenolic OH excluding ortho intramolecular Hbond substituents is 1. The summed E-state index contributed by atoms with van der Waals surface area (Å²) in [6, 6.07) is 23.0. The third-order valence-corrected chi connectivity index (χ3v) is 5.07. The summed E-state index contributed by atoms with van der Waals surface area (Å²) in [5.41, 5.74) is 4.98. The molecule has 0 unspecified atom stereocenters. The molecule has 0 aliphatic carbocycles. The first kappa shape index (κ1) is 20.2. The fraction of sp³-hybridized carbons (Fsp3) is 0.120. The van der Waals surface area contributed by atoms with Gasteiger partial charge in [0.2, 0.25) is 0 Å². The van der Waals surface area contributed by atoms with Gasteiger partial charge in [0, 0.05) is 23.7 Å². The van der Waals surface area contributed by atoms with Crippen LogP contribution in [0.2, 0.25) is 0 Å². The molecule has 6 nitrogen and oxygen atoms in total. The Bertz CT molecular complexity index is 1200. The molecule has 1 amide bonds. The average molecular weight is 413 g/mol. The van der Waals surface area contributed by atoms with E-state index in [2.05, 4.69) is 15.5 Å². The zero-order valence-corrected chi connectivity index (χ0v) is 17.3. The fourth-order valence-electron chi connectivity index (χ4n) is 3.53. The number of aromatic amines is 1. The summed E-state index contributed by atoms with van der Waals surface area (Å²) < 4.78 is 5.18. The highest BCUT2D eigenvalue weighted by molar-refractivity contribution is 6.03. The van der Waals surface area contributed by atoms with Gasteiger partial charge in [-0.1, -0.05) is 54.6 Å². The normalized spacial score (nSPS) is 10.6. The van der Waals surface area contributed by atoms with Crippen molar-refractivity contribution in [2.75, 3.05) is 13.7 Å². The number of hydrogen-bond acceptors (Lipinski definition) is 4. The minimum Gasteiger partial charge on any atom is -0.507 e. The van der Waals surface area contributed by atoms with Crippen LogP contribution in [0.1, 0.15) is 17.4 Å². The highest BCUT2D eigenvalue weighted by atomic mass is 16.5. The molecule has 156 valence electrons. The van der Waals surface area contributed by atoms with Crippen molar-refractivity contribution >= 4 is 5.91 Å². The number of phenols is 1. The molecule has 0 saturated carbocycles. The molecule has 0 spiro atoms. The molecule has 0 atom stereocenters. The Labute approximate surface area is 180 Å². The number of aromatic nitrogens is 2. The summed E-state index contributed by atoms with van der Waals surface area (Å²) in [6.45, 7) is 2.35. The fourth-order valence-corrected chi connectivity index (χ4v) is 3.53. The van der Waals surface area contributed by atoms with Gasteiger partial charge in [-0.15, -0.1) is 0 Å². The van der Waals surface area contributed by atoms with Crippen molar-refractivity contribution < 1.29 is 14.6 Å². The van der Waals surface area contributed by atoms with E-state index in [1.807, 2.05) is 61.5 Å². The Balaban J connectivity index is 1.83. The highest BCUT2D eigenvalue weighted by Gasteiger charge is 2.23. The monoisotopic (exact) mass is 413 g/mol. The maximum absolute atomic E-state index is 12.7. The standard InChI is InChI=1S/C25H23N3O3/c1-3-26-25(30)24-22(18-11-9-17(10-12-18)16-7-5-4-6-8-16)23(27-28-24)20-14-13-19(31-2)15-21(20)29/h4-15,29H,3H2,1-2H3,(H,26,30)(H,27,28). The minimum atomic E-state index is -0.253. The smallest absolute Gasteiger partial charge is 0.269 e. The van der Waals surface area contributed by atoms with Gasteiger partial charge >= 0.3 is 0 Å². The maximum atomic E-state index is 12.7. The van der Waals surface area contributed by atoms with Gasteiger partial charge in [-0.25, -0.2) is 0 Å². The van der Waals surface area contributed by atoms with Crippen LogP contribution in [-0.2, 0) is 0 Å². The number of amides is 1. The van der Waals surface area contributed by atoms with Crippen LogP contribution in [0.5, 0.6) is 11.5 Å². The molecule has 0 saturated heterocycles. The molecule has 3 N–H and O–H groups in total. The Morgan fingerprint density at radius 2 is 1.68 bits per heavy atom. The van der Waals surface area contributed by atoms with Gasteiger partial charge in [-0.2, -0.15) is 5.10 Å². The molecule has 1 aromatic heterocycles. The van der Waals surface area contributed by atoms with Gasteiger partial charge < -0.3 is 15.2 Å². The largest absolute Gasteiger partial charge is 0.507 e. The molecule has 0 bridgehead atoms. The molecule has 6 heteroatoms. The van der Waals surface area contributed by atoms with Crippen molar-refractivity contribution in [1.82, 2.24) is 15.5 Å². The van der Waals surface area contributed by atoms with Crippen LogP contribution < -0.4 is 10.1 Å². The summed E-state index contributed by atoms with van der Waals surface area (Å²) in [5.74, 6) is 0.307. The second-order valence-corrected chi connectivity index (χ2v) is 7.01. The lowest BCUT2D eigenvalue weighted by Gasteiger charge is -2.10. The average Bonchev–Trinajstić information content (AvgIpc) is 3.25. The number of nitrogens with zero attached hydrogens (tertiary/aromatic N) is 1. The number of carbonyl (C=O) groups is 1. The van der Waals surface area contributed by atoms with Crippen LogP contribution in [0.4, 0.5) is 0 Å². The van der Waals surface area contributed by atoms with Crippen molar-refractivity contribution in [2.24, 2.45) is 0 Å². The Kier molecular flexibility index (Phi) is 5.71. The molecule has 4 aromatic rings. The molecule has 4 rings (SSSR count). The Morgan fingerprint density at radius 3 is 2.32 bits per heavy atom. The lowest BCUT2D eigenvalue weighted by Crippen LogP contribution is -2.23. The van der Waals surface area contributed by atoms with Crippen molar-refractivity contribution in [3.8, 4) is 45.0 Å². The quantitative estimate of drug-likeness (QED) is 0.421. The van der Waals surface area contributed by atoms with Gasteiger partial charge in [0.05, 0.1) is 7.11 Å². The summed E-state index contributed by atoms with van der Waals surface area (Å²) in [5, 5.41) is 20.6. The molecular weight excluding hydrogens is 390 g/mol. The van der Waals surface area contributed by atoms with Crippen LogP contribution >= 0.6 is 0 Å². The topological polar surface area (TPSA) is 87.2 Å². The summed E-state index contributed by atoms with van der Waals surface area (Å²) >= 11 is 0. The summed E-state index contributed by atoms with van der Waals surface area (Å²) in [7, 11) is 1.54. The number of aromatic hydroxyl groups is 1. The second-order valence-electron chi connectivity index (χ2n) is 7.01. The molecular formula is C25H23N3O3. The van der Waals surface area contributed by atoms with E-state index >= 15 is 0 Å². The Hall–Kier alpha value is -4.06. The molecule has 31 heavy (non-hydrogen) atoms. The zero-order valence-electron chi connectivity index (χ0n) is 17.3. The van der Waals surface area contributed by atoms with E-state index in [0.717, 1.165) is 16.7 Å². The van der Waals surface area contributed by atoms with Crippen molar-refractivity contribution in [3.63, 3.8) is 0 Å². The van der Waals surface area contributed by atoms with Crippen LogP contribution in [0.3, 0.4) is 0 Å². The van der Waals surface area contributed by atoms with Crippen molar-refractivity contribution in [1.29, 1.82) is 0 Å². The third kappa shape index (κ3) is 4.00. The van der Waals surface area contributed by atoms with E-state index in [-0.39, 0.29) is 11.7 Å². The second kappa shape index (κ2) is 8.75. The molecule has 0 radical (unpaired) electrons. The molecule has 0 aliphatic rings. The van der Waals surface area contributed by atoms with E-state index in [0.29, 0.717) is 34.8 Å². The maximum Gasteiger partial charge on any atom is 0.269 e. The lowest BCUT2D eigenvalue weighted by molar-refractivity contribution is 0.0951. The predicted octanol–water partition coefficient (Wildman–Crippen LogP) is 4.87. The minimum absolute atomic E-state index is 0.0236. The predicted molar refractivity (Wildman–Crippen MR) is 121 cm³/mol. The number of rotatable bonds is 6. The van der Waals surface area contributed by atoms with E-state index in [9.17, 15) is 9.90 Å². The van der Waals surface area contributed by atoms with Crippen molar-refractivity contribution in [3.05, 3.63) is 78.5 Å². The first-order valence-corrected chi connectivity index (χ1v) is 10.0. The van der Waals surface area contributed by atoms with Crippen LogP contribution in [-0.4, -0.2) is 34.9 Å². The third-order valence-electron chi connectivity index (χ3n) is 5.07. The van der Waals surface area contributed by atoms with Gasteiger partial charge in [-0.05, 0) is 35.7 Å². The van der Waals surface area contributed by atoms with Gasteiger partial charge in [-0.3, -0.25) is 9.89 Å². The number of nitrogens with one attached hydrogen (secondary N) is 2. The summed E-state index contributed by atoms with van der Waals surface area (Å²) in [6.07, 6.45) is 0. The number of benzene rings is 3. The first-order valence-electron chi connectivity index (χ1n) is 10.0. The highest BCUT2D eigenvalue weighted by Crippen LogP contribution is 2.39. The molecule has 1 heterocycles. The number of carbonyl (C=O) groups excluding carboxylic acids is 1. The molecule has 3 aromatic carbocycles. The SMILES string of the molecule is CCNC(=O)c1[nH]nc(-c2ccc(OC)cc2O)c1-c1ccc(-c2ccccc2)cc1. The van der Waals surface area contributed by atoms with Gasteiger partial charge in [0.15, 0.2) is 0 Å². The van der Waals surface area contributed by atoms with E-state index in [4.69, 9.17) is 4.74 Å². The van der Waals surface area contributed by atoms with Crippen LogP contribution in [0, 0.1) is 0 Å². The van der Waals surface area contributed by atoms with Gasteiger partial charge in [0.1, 0.15) is 22.9 Å². The summed E-state index contributed by atoms with van der Waals surface area (Å²) in [4.78, 5) is 12.7. The molecule has 0 aliphatic heterocycles. The molecule has 0 fully saturated rings. The van der Waals surface area contributed by atoms with E-state index in [1.54, 1.807) is 12.1 Å². The van der Waals surface area contributed by atoms with Crippen LogP contribution in [0.25, 0.3) is 33.5 Å². The number of H-pyrrole nitrogens is 1. The Morgan fingerprint density at radius 1 is 1.00 bits per heavy atom. The zero-order chi connectivity index (χ0) is 21.8. The number of hydrogen-bond donors (Lipinski definition) is 3. The number of ether oxygens (including phenoxy) is 1. The van der Waals surface area contributed by atoms with E-state index in [1.165, 1.54) is 13.2 Å².